The van der Waals surface area contributed by atoms with E-state index >= 15 is 0 Å². The van der Waals surface area contributed by atoms with Gasteiger partial charge in [-0.05, 0) is 43.2 Å². The van der Waals surface area contributed by atoms with Crippen LogP contribution in [0.2, 0.25) is 0 Å². The first-order valence-electron chi connectivity index (χ1n) is 8.92. The molecule has 0 radical (unpaired) electrons. The molecule has 2 aromatic rings. The number of nitro benzene ring substituents is 1. The van der Waals surface area contributed by atoms with Crippen LogP contribution in [-0.4, -0.2) is 35.5 Å². The van der Waals surface area contributed by atoms with E-state index < -0.39 is 10.7 Å². The molecule has 7 nitrogen and oxygen atoms in total. The molecule has 0 heterocycles. The van der Waals surface area contributed by atoms with Gasteiger partial charge >= 0.3 is 0 Å². The largest absolute Gasteiger partial charge is 0.350 e. The van der Waals surface area contributed by atoms with Crippen molar-refractivity contribution in [3.05, 3.63) is 69.3 Å². The van der Waals surface area contributed by atoms with Crippen LogP contribution in [0.1, 0.15) is 39.1 Å². The van der Waals surface area contributed by atoms with Gasteiger partial charge in [-0.25, -0.2) is 0 Å². The molecule has 1 aliphatic rings. The predicted octanol–water partition coefficient (Wildman–Crippen LogP) is 3.44. The number of hydrogen-bond acceptors (Lipinski definition) is 6. The Morgan fingerprint density at radius 3 is 2.48 bits per heavy atom. The van der Waals surface area contributed by atoms with Crippen LogP contribution >= 0.6 is 24.2 Å². The topological polar surface area (TPSA) is 115 Å². The second-order valence-electron chi connectivity index (χ2n) is 6.73. The second-order valence-corrected chi connectivity index (χ2v) is 7.58. The molecule has 1 atom stereocenters. The van der Waals surface area contributed by atoms with E-state index in [1.807, 2.05) is 0 Å². The van der Waals surface area contributed by atoms with Crippen LogP contribution in [0.5, 0.6) is 0 Å². The van der Waals surface area contributed by atoms with Gasteiger partial charge in [0.1, 0.15) is 0 Å². The van der Waals surface area contributed by atoms with Gasteiger partial charge in [0.25, 0.3) is 11.6 Å². The van der Waals surface area contributed by atoms with Gasteiger partial charge < -0.3 is 11.1 Å². The minimum Gasteiger partial charge on any atom is -0.350 e. The maximum Gasteiger partial charge on any atom is 0.283 e. The monoisotopic (exact) mass is 435 g/mol. The summed E-state index contributed by atoms with van der Waals surface area (Å²) in [5.41, 5.74) is 6.49. The summed E-state index contributed by atoms with van der Waals surface area (Å²) in [6, 6.07) is 10.7. The van der Waals surface area contributed by atoms with Crippen molar-refractivity contribution in [1.29, 1.82) is 0 Å². The average Bonchev–Trinajstić information content (AvgIpc) is 3.56. The summed E-state index contributed by atoms with van der Waals surface area (Å²) in [5, 5.41) is 14.1. The van der Waals surface area contributed by atoms with Crippen molar-refractivity contribution >= 4 is 41.5 Å². The molecule has 29 heavy (non-hydrogen) atoms. The Morgan fingerprint density at radius 2 is 1.90 bits per heavy atom. The third kappa shape index (κ3) is 5.35. The average molecular weight is 436 g/mol. The number of nitrogens with one attached hydrogen (secondary N) is 1. The molecule has 1 unspecified atom stereocenters. The fourth-order valence-corrected chi connectivity index (χ4v) is 3.55. The van der Waals surface area contributed by atoms with Crippen molar-refractivity contribution in [2.24, 2.45) is 11.7 Å². The van der Waals surface area contributed by atoms with E-state index in [1.165, 1.54) is 17.8 Å². The van der Waals surface area contributed by atoms with Gasteiger partial charge in [-0.15, -0.1) is 24.2 Å². The standard InChI is InChI=1S/C20H21N3O4S.ClH/c1-28-18-9-8-13(10-17(18)23(26)27)19(24)14-4-2-3-5-15(14)20(25)22-11-16(21)12-6-7-12;/h2-5,8-10,12,16H,6-7,11,21H2,1H3,(H,22,25);1H. The van der Waals surface area contributed by atoms with Crippen LogP contribution in [0.3, 0.4) is 0 Å². The minimum atomic E-state index is -0.513. The molecule has 0 aromatic heterocycles. The highest BCUT2D eigenvalue weighted by molar-refractivity contribution is 7.98. The van der Waals surface area contributed by atoms with E-state index in [0.29, 0.717) is 17.4 Å². The SMILES string of the molecule is CSc1ccc(C(=O)c2ccccc2C(=O)NCC(N)C2CC2)cc1[N+](=O)[O-].Cl. The number of ketones is 1. The number of rotatable bonds is 8. The van der Waals surface area contributed by atoms with Crippen LogP contribution < -0.4 is 11.1 Å². The highest BCUT2D eigenvalue weighted by Crippen LogP contribution is 2.31. The summed E-state index contributed by atoms with van der Waals surface area (Å²) < 4.78 is 0. The lowest BCUT2D eigenvalue weighted by atomic mass is 9.97. The predicted molar refractivity (Wildman–Crippen MR) is 115 cm³/mol. The maximum absolute atomic E-state index is 13.0. The molecule has 3 rings (SSSR count). The molecule has 0 aliphatic heterocycles. The Labute approximate surface area is 179 Å². The van der Waals surface area contributed by atoms with E-state index in [1.54, 1.807) is 42.7 Å². The van der Waals surface area contributed by atoms with E-state index in [-0.39, 0.29) is 46.7 Å². The Morgan fingerprint density at radius 1 is 1.24 bits per heavy atom. The third-order valence-electron chi connectivity index (χ3n) is 4.78. The molecule has 2 aromatic carbocycles. The lowest BCUT2D eigenvalue weighted by Crippen LogP contribution is -2.39. The van der Waals surface area contributed by atoms with E-state index in [0.717, 1.165) is 12.8 Å². The summed E-state index contributed by atoms with van der Waals surface area (Å²) in [5.74, 6) is -0.365. The summed E-state index contributed by atoms with van der Waals surface area (Å²) in [6.45, 7) is 0.347. The van der Waals surface area contributed by atoms with Gasteiger partial charge in [0.15, 0.2) is 5.78 Å². The van der Waals surface area contributed by atoms with Crippen molar-refractivity contribution in [2.75, 3.05) is 12.8 Å². The summed E-state index contributed by atoms with van der Waals surface area (Å²) in [7, 11) is 0. The lowest BCUT2D eigenvalue weighted by molar-refractivity contribution is -0.387. The smallest absolute Gasteiger partial charge is 0.283 e. The number of benzene rings is 2. The van der Waals surface area contributed by atoms with E-state index in [2.05, 4.69) is 5.32 Å². The number of halogens is 1. The molecule has 1 saturated carbocycles. The number of amides is 1. The summed E-state index contributed by atoms with van der Waals surface area (Å²) in [6.07, 6.45) is 3.89. The first-order valence-corrected chi connectivity index (χ1v) is 10.1. The molecular weight excluding hydrogens is 414 g/mol. The Hall–Kier alpha value is -2.42. The molecule has 1 aliphatic carbocycles. The number of nitro groups is 1. The van der Waals surface area contributed by atoms with Crippen molar-refractivity contribution in [1.82, 2.24) is 5.32 Å². The van der Waals surface area contributed by atoms with Crippen molar-refractivity contribution in [2.45, 2.75) is 23.8 Å². The minimum absolute atomic E-state index is 0. The highest BCUT2D eigenvalue weighted by Gasteiger charge is 2.29. The fourth-order valence-electron chi connectivity index (χ4n) is 3.01. The third-order valence-corrected chi connectivity index (χ3v) is 5.56. The molecule has 1 fully saturated rings. The Bertz CT molecular complexity index is 934. The van der Waals surface area contributed by atoms with Crippen molar-refractivity contribution in [3.8, 4) is 0 Å². The molecule has 1 amide bonds. The van der Waals surface area contributed by atoms with Gasteiger partial charge in [-0.1, -0.05) is 18.2 Å². The second kappa shape index (κ2) is 9.87. The van der Waals surface area contributed by atoms with Gasteiger partial charge in [0, 0.05) is 29.8 Å². The number of nitrogens with zero attached hydrogens (tertiary/aromatic N) is 1. The molecule has 0 spiro atoms. The quantitative estimate of drug-likeness (QED) is 0.284. The number of hydrogen-bond donors (Lipinski definition) is 2. The number of carbonyl (C=O) groups is 2. The molecule has 154 valence electrons. The summed E-state index contributed by atoms with van der Waals surface area (Å²) >= 11 is 1.24. The van der Waals surface area contributed by atoms with E-state index in [4.69, 9.17) is 5.73 Å². The van der Waals surface area contributed by atoms with Gasteiger partial charge in [0.05, 0.1) is 15.4 Å². The first kappa shape index (κ1) is 22.9. The van der Waals surface area contributed by atoms with E-state index in [9.17, 15) is 19.7 Å². The molecule has 0 saturated heterocycles. The fraction of sp³-hybridized carbons (Fsp3) is 0.300. The zero-order valence-electron chi connectivity index (χ0n) is 15.8. The lowest BCUT2D eigenvalue weighted by Gasteiger charge is -2.13. The zero-order chi connectivity index (χ0) is 20.3. The van der Waals surface area contributed by atoms with Crippen molar-refractivity contribution < 1.29 is 14.5 Å². The van der Waals surface area contributed by atoms with Crippen LogP contribution in [0.15, 0.2) is 47.4 Å². The Kier molecular flexibility index (Phi) is 7.78. The van der Waals surface area contributed by atoms with Crippen LogP contribution in [0.25, 0.3) is 0 Å². The molecule has 9 heteroatoms. The van der Waals surface area contributed by atoms with Crippen LogP contribution in [0, 0.1) is 16.0 Å². The van der Waals surface area contributed by atoms with Crippen molar-refractivity contribution in [3.63, 3.8) is 0 Å². The van der Waals surface area contributed by atoms with Gasteiger partial charge in [-0.2, -0.15) is 0 Å². The Balaban J connectivity index is 0.00000300. The van der Waals surface area contributed by atoms with Crippen LogP contribution in [0.4, 0.5) is 5.69 Å². The number of thioether (sulfide) groups is 1. The first-order chi connectivity index (χ1) is 13.4. The number of nitrogens with two attached hydrogens (primary N) is 1. The molecular formula is C20H22ClN3O4S. The highest BCUT2D eigenvalue weighted by atomic mass is 35.5. The zero-order valence-corrected chi connectivity index (χ0v) is 17.4. The van der Waals surface area contributed by atoms with Gasteiger partial charge in [0.2, 0.25) is 0 Å². The number of carbonyl (C=O) groups excluding carboxylic acids is 2. The van der Waals surface area contributed by atoms with Crippen LogP contribution in [-0.2, 0) is 0 Å². The normalized spacial score (nSPS) is 13.9. The van der Waals surface area contributed by atoms with Gasteiger partial charge in [-0.3, -0.25) is 19.7 Å². The molecule has 0 bridgehead atoms. The maximum atomic E-state index is 13.0. The molecule has 3 N–H and O–H groups in total. The summed E-state index contributed by atoms with van der Waals surface area (Å²) in [4.78, 5) is 36.8.